The van der Waals surface area contributed by atoms with E-state index in [0.717, 1.165) is 28.1 Å². The summed E-state index contributed by atoms with van der Waals surface area (Å²) in [5, 5.41) is 0. The lowest BCUT2D eigenvalue weighted by Gasteiger charge is -2.40. The molecule has 4 rings (SSSR count). The van der Waals surface area contributed by atoms with E-state index in [-0.39, 0.29) is 24.4 Å². The Kier molecular flexibility index (Phi) is 7.48. The molecule has 0 aliphatic carbocycles. The van der Waals surface area contributed by atoms with Crippen molar-refractivity contribution in [2.45, 2.75) is 31.8 Å². The van der Waals surface area contributed by atoms with Crippen molar-refractivity contribution >= 4 is 27.6 Å². The van der Waals surface area contributed by atoms with Crippen molar-refractivity contribution in [3.05, 3.63) is 83.9 Å². The summed E-state index contributed by atoms with van der Waals surface area (Å²) >= 11 is 0. The van der Waals surface area contributed by atoms with Crippen LogP contribution in [0, 0.1) is 5.41 Å². The Hall–Kier alpha value is -3.86. The van der Waals surface area contributed by atoms with Crippen LogP contribution in [0.5, 0.6) is 0 Å². The summed E-state index contributed by atoms with van der Waals surface area (Å²) in [6.45, 7) is 4.21. The standard InChI is InChI=1S/C28H27F3N2O5S/c1-4-38-26(35)27(2,3)17-32-18-33(39(36,37)22-12-8-11-21(16-22)28(29,30)31)24-15-20(13-14-23(24)25(32)34)19-9-6-5-7-10-19/h5-16H,4,17-18H2,1-3H3. The zero-order chi connectivity index (χ0) is 28.6. The van der Waals surface area contributed by atoms with Crippen LogP contribution in [0.15, 0.2) is 77.7 Å². The number of rotatable bonds is 7. The van der Waals surface area contributed by atoms with Gasteiger partial charge in [0.15, 0.2) is 0 Å². The van der Waals surface area contributed by atoms with E-state index in [4.69, 9.17) is 4.74 Å². The summed E-state index contributed by atoms with van der Waals surface area (Å²) in [7, 11) is -4.58. The third-order valence-corrected chi connectivity index (χ3v) is 8.10. The van der Waals surface area contributed by atoms with Gasteiger partial charge in [-0.3, -0.25) is 9.59 Å². The van der Waals surface area contributed by atoms with E-state index in [1.54, 1.807) is 39.0 Å². The second-order valence-electron chi connectivity index (χ2n) is 9.73. The minimum atomic E-state index is -4.75. The molecule has 3 aromatic rings. The maximum absolute atomic E-state index is 13.9. The van der Waals surface area contributed by atoms with Gasteiger partial charge in [0, 0.05) is 6.54 Å². The molecule has 0 bridgehead atoms. The molecular formula is C28H27F3N2O5S. The largest absolute Gasteiger partial charge is 0.466 e. The molecule has 0 N–H and O–H groups in total. The van der Waals surface area contributed by atoms with Gasteiger partial charge in [0.1, 0.15) is 6.67 Å². The number of ether oxygens (including phenoxy) is 1. The van der Waals surface area contributed by atoms with Crippen LogP contribution < -0.4 is 4.31 Å². The molecule has 0 radical (unpaired) electrons. The van der Waals surface area contributed by atoms with Crippen molar-refractivity contribution in [1.82, 2.24) is 4.90 Å². The highest BCUT2D eigenvalue weighted by Crippen LogP contribution is 2.38. The van der Waals surface area contributed by atoms with E-state index in [1.165, 1.54) is 17.0 Å². The van der Waals surface area contributed by atoms with Crippen LogP contribution in [0.2, 0.25) is 0 Å². The molecule has 0 saturated carbocycles. The van der Waals surface area contributed by atoms with Crippen LogP contribution in [0.25, 0.3) is 11.1 Å². The third kappa shape index (κ3) is 5.63. The average Bonchev–Trinajstić information content (AvgIpc) is 2.90. The van der Waals surface area contributed by atoms with Gasteiger partial charge in [0.05, 0.1) is 33.7 Å². The van der Waals surface area contributed by atoms with Crippen molar-refractivity contribution in [3.8, 4) is 11.1 Å². The first-order valence-electron chi connectivity index (χ1n) is 12.1. The molecule has 0 saturated heterocycles. The number of anilines is 1. The Morgan fingerprint density at radius 1 is 0.949 bits per heavy atom. The topological polar surface area (TPSA) is 84.0 Å². The quantitative estimate of drug-likeness (QED) is 0.353. The lowest BCUT2D eigenvalue weighted by atomic mass is 9.92. The van der Waals surface area contributed by atoms with Gasteiger partial charge in [-0.2, -0.15) is 13.2 Å². The molecule has 39 heavy (non-hydrogen) atoms. The van der Waals surface area contributed by atoms with Gasteiger partial charge in [-0.15, -0.1) is 0 Å². The molecule has 1 aliphatic heterocycles. The number of carbonyl (C=O) groups is 2. The first-order valence-corrected chi connectivity index (χ1v) is 13.6. The van der Waals surface area contributed by atoms with Gasteiger partial charge in [-0.25, -0.2) is 12.7 Å². The van der Waals surface area contributed by atoms with E-state index >= 15 is 0 Å². The second-order valence-corrected chi connectivity index (χ2v) is 11.6. The fourth-order valence-corrected chi connectivity index (χ4v) is 5.83. The molecular weight excluding hydrogens is 533 g/mol. The van der Waals surface area contributed by atoms with Gasteiger partial charge in [0.25, 0.3) is 15.9 Å². The highest BCUT2D eigenvalue weighted by Gasteiger charge is 2.41. The molecule has 206 valence electrons. The fraction of sp³-hybridized carbons (Fsp3) is 0.286. The number of hydrogen-bond donors (Lipinski definition) is 0. The van der Waals surface area contributed by atoms with Crippen LogP contribution in [0.1, 0.15) is 36.7 Å². The molecule has 0 unspecified atom stereocenters. The molecule has 1 heterocycles. The summed E-state index contributed by atoms with van der Waals surface area (Å²) in [4.78, 5) is 26.7. The minimum absolute atomic E-state index is 0.0314. The van der Waals surface area contributed by atoms with E-state index in [1.807, 2.05) is 18.2 Å². The number of benzene rings is 3. The van der Waals surface area contributed by atoms with Gasteiger partial charge < -0.3 is 9.64 Å². The van der Waals surface area contributed by atoms with Crippen molar-refractivity contribution in [3.63, 3.8) is 0 Å². The van der Waals surface area contributed by atoms with Crippen molar-refractivity contribution < 1.29 is 35.9 Å². The Bertz CT molecular complexity index is 1510. The molecule has 1 amide bonds. The van der Waals surface area contributed by atoms with Crippen LogP contribution >= 0.6 is 0 Å². The SMILES string of the molecule is CCOC(=O)C(C)(C)CN1CN(S(=O)(=O)c2cccc(C(F)(F)F)c2)c2cc(-c3ccccc3)ccc2C1=O. The molecule has 0 spiro atoms. The lowest BCUT2D eigenvalue weighted by molar-refractivity contribution is -0.154. The molecule has 11 heteroatoms. The van der Waals surface area contributed by atoms with E-state index < -0.39 is 50.6 Å². The predicted molar refractivity (Wildman–Crippen MR) is 139 cm³/mol. The number of carbonyl (C=O) groups excluding carboxylic acids is 2. The van der Waals surface area contributed by atoms with Crippen molar-refractivity contribution in [1.29, 1.82) is 0 Å². The highest BCUT2D eigenvalue weighted by atomic mass is 32.2. The Balaban J connectivity index is 1.85. The third-order valence-electron chi connectivity index (χ3n) is 6.35. The van der Waals surface area contributed by atoms with E-state index in [9.17, 15) is 31.2 Å². The predicted octanol–water partition coefficient (Wildman–Crippen LogP) is 5.57. The summed E-state index contributed by atoms with van der Waals surface area (Å²) in [5.41, 5.74) is -0.851. The number of sulfonamides is 1. The number of nitrogens with zero attached hydrogens (tertiary/aromatic N) is 2. The smallest absolute Gasteiger partial charge is 0.416 e. The number of alkyl halides is 3. The monoisotopic (exact) mass is 560 g/mol. The van der Waals surface area contributed by atoms with Gasteiger partial charge in [-0.05, 0) is 62.2 Å². The average molecular weight is 561 g/mol. The highest BCUT2D eigenvalue weighted by molar-refractivity contribution is 7.92. The number of hydrogen-bond acceptors (Lipinski definition) is 5. The van der Waals surface area contributed by atoms with Crippen molar-refractivity contribution in [2.24, 2.45) is 5.41 Å². The maximum Gasteiger partial charge on any atom is 0.416 e. The zero-order valence-corrected chi connectivity index (χ0v) is 22.3. The summed E-state index contributed by atoms with van der Waals surface area (Å²) in [6.07, 6.45) is -4.75. The lowest BCUT2D eigenvalue weighted by Crippen LogP contribution is -2.53. The minimum Gasteiger partial charge on any atom is -0.466 e. The van der Waals surface area contributed by atoms with Crippen LogP contribution in [0.4, 0.5) is 18.9 Å². The molecule has 3 aromatic carbocycles. The van der Waals surface area contributed by atoms with Crippen LogP contribution in [0.3, 0.4) is 0 Å². The van der Waals surface area contributed by atoms with Crippen molar-refractivity contribution in [2.75, 3.05) is 24.1 Å². The Labute approximate surface area is 224 Å². The molecule has 7 nitrogen and oxygen atoms in total. The molecule has 0 aromatic heterocycles. The van der Waals surface area contributed by atoms with E-state index in [2.05, 4.69) is 0 Å². The number of halogens is 3. The Morgan fingerprint density at radius 3 is 2.28 bits per heavy atom. The number of amides is 1. The number of fused-ring (bicyclic) bond motifs is 1. The molecule has 0 atom stereocenters. The van der Waals surface area contributed by atoms with Crippen LogP contribution in [-0.2, 0) is 25.7 Å². The molecule has 0 fully saturated rings. The summed E-state index contributed by atoms with van der Waals surface area (Å²) in [6, 6.07) is 17.2. The first-order chi connectivity index (χ1) is 18.3. The Morgan fingerprint density at radius 2 is 1.64 bits per heavy atom. The fourth-order valence-electron chi connectivity index (χ4n) is 4.35. The second kappa shape index (κ2) is 10.4. The van der Waals surface area contributed by atoms with Gasteiger partial charge in [0.2, 0.25) is 0 Å². The summed E-state index contributed by atoms with van der Waals surface area (Å²) < 4.78 is 74.0. The molecule has 1 aliphatic rings. The zero-order valence-electron chi connectivity index (χ0n) is 21.5. The van der Waals surface area contributed by atoms with E-state index in [0.29, 0.717) is 11.6 Å². The van der Waals surface area contributed by atoms with Gasteiger partial charge in [-0.1, -0.05) is 42.5 Å². The summed E-state index contributed by atoms with van der Waals surface area (Å²) in [5.74, 6) is -1.09. The van der Waals surface area contributed by atoms with Crippen LogP contribution in [-0.4, -0.2) is 45.0 Å². The number of esters is 1. The first kappa shape index (κ1) is 28.2. The normalized spacial score (nSPS) is 14.3. The van der Waals surface area contributed by atoms with Gasteiger partial charge >= 0.3 is 12.1 Å². The maximum atomic E-state index is 13.9.